The highest BCUT2D eigenvalue weighted by atomic mass is 19.4. The summed E-state index contributed by atoms with van der Waals surface area (Å²) in [5, 5.41) is 11.7. The van der Waals surface area contributed by atoms with Gasteiger partial charge in [-0.15, -0.1) is 13.2 Å². The highest BCUT2D eigenvalue weighted by Gasteiger charge is 2.64. The Morgan fingerprint density at radius 2 is 2.08 bits per heavy atom. The zero-order chi connectivity index (χ0) is 18.6. The fourth-order valence-electron chi connectivity index (χ4n) is 3.29. The summed E-state index contributed by atoms with van der Waals surface area (Å²) < 4.78 is 40.6. The number of carbonyl (C=O) groups excluding carboxylic acids is 1. The number of hydrogen-bond acceptors (Lipinski definition) is 4. The average molecular weight is 359 g/mol. The molecule has 7 nitrogen and oxygen atoms in total. The predicted octanol–water partition coefficient (Wildman–Crippen LogP) is 2.76. The molecule has 1 saturated carbocycles. The Kier molecular flexibility index (Phi) is 3.81. The maximum atomic E-state index is 12.5. The minimum absolute atomic E-state index is 0.0946. The second-order valence-electron chi connectivity index (χ2n) is 6.64. The van der Waals surface area contributed by atoms with Gasteiger partial charge in [0.25, 0.3) is 0 Å². The van der Waals surface area contributed by atoms with E-state index in [1.54, 1.807) is 6.92 Å². The second-order valence-corrected chi connectivity index (χ2v) is 6.64. The lowest BCUT2D eigenvalue weighted by molar-refractivity contribution is -0.276. The molecule has 2 heterocycles. The maximum Gasteiger partial charge on any atom is 0.574 e. The number of ether oxygens (including phenoxy) is 1. The van der Waals surface area contributed by atoms with Crippen LogP contribution in [0.3, 0.4) is 0 Å². The minimum atomic E-state index is -4.90. The number of alkyl halides is 3. The summed E-state index contributed by atoms with van der Waals surface area (Å²) in [6.45, 7) is 3.46. The van der Waals surface area contributed by atoms with E-state index in [-0.39, 0.29) is 17.3 Å². The van der Waals surface area contributed by atoms with Gasteiger partial charge in [0.15, 0.2) is 0 Å². The standard InChI is InChI=1S/C15H16F3N3O4/c1-7-3-4-10(25-15(16,17)18)19-11(7)20-12(22)8-5-14(2)6-9(14)21(8)13(23)24/h3-4,8-9H,5-6H2,1-2H3,(H,23,24)(H,19,20,22)/t8-,9+,14-/m0/s1. The second kappa shape index (κ2) is 5.50. The molecule has 1 aliphatic carbocycles. The molecule has 1 saturated heterocycles. The molecule has 1 aliphatic heterocycles. The van der Waals surface area contributed by atoms with Crippen LogP contribution in [0.25, 0.3) is 0 Å². The molecule has 1 aromatic rings. The molecule has 2 N–H and O–H groups in total. The van der Waals surface area contributed by atoms with Gasteiger partial charge in [-0.3, -0.25) is 9.69 Å². The van der Waals surface area contributed by atoms with Gasteiger partial charge in [0, 0.05) is 12.1 Å². The Balaban J connectivity index is 1.77. The number of hydrogen-bond donors (Lipinski definition) is 2. The van der Waals surface area contributed by atoms with Crippen LogP contribution in [0.4, 0.5) is 23.8 Å². The number of aryl methyl sites for hydroxylation is 1. The van der Waals surface area contributed by atoms with Gasteiger partial charge in [0.05, 0.1) is 0 Å². The van der Waals surface area contributed by atoms with Gasteiger partial charge in [-0.05, 0) is 30.7 Å². The van der Waals surface area contributed by atoms with Crippen LogP contribution in [-0.4, -0.2) is 45.4 Å². The molecule has 3 rings (SSSR count). The van der Waals surface area contributed by atoms with Crippen molar-refractivity contribution in [2.75, 3.05) is 5.32 Å². The number of anilines is 1. The molecule has 0 aromatic carbocycles. The first kappa shape index (κ1) is 17.3. The first-order chi connectivity index (χ1) is 11.5. The van der Waals surface area contributed by atoms with Crippen LogP contribution in [-0.2, 0) is 4.79 Å². The summed E-state index contributed by atoms with van der Waals surface area (Å²) >= 11 is 0. The number of amides is 2. The zero-order valence-electron chi connectivity index (χ0n) is 13.4. The van der Waals surface area contributed by atoms with Crippen molar-refractivity contribution in [1.29, 1.82) is 0 Å². The summed E-state index contributed by atoms with van der Waals surface area (Å²) in [6.07, 6.45) is -5.02. The van der Waals surface area contributed by atoms with Crippen LogP contribution in [0.5, 0.6) is 5.88 Å². The van der Waals surface area contributed by atoms with Gasteiger partial charge in [-0.2, -0.15) is 4.98 Å². The molecule has 1 aromatic heterocycles. The Morgan fingerprint density at radius 1 is 1.40 bits per heavy atom. The van der Waals surface area contributed by atoms with Crippen molar-refractivity contribution in [3.05, 3.63) is 17.7 Å². The number of fused-ring (bicyclic) bond motifs is 1. The number of aromatic nitrogens is 1. The molecule has 136 valence electrons. The number of likely N-dealkylation sites (tertiary alicyclic amines) is 1. The van der Waals surface area contributed by atoms with Crippen LogP contribution in [0.1, 0.15) is 25.3 Å². The van der Waals surface area contributed by atoms with Crippen molar-refractivity contribution in [3.8, 4) is 5.88 Å². The first-order valence-corrected chi connectivity index (χ1v) is 7.56. The van der Waals surface area contributed by atoms with E-state index in [2.05, 4.69) is 15.0 Å². The monoisotopic (exact) mass is 359 g/mol. The van der Waals surface area contributed by atoms with E-state index in [0.29, 0.717) is 18.4 Å². The highest BCUT2D eigenvalue weighted by Crippen LogP contribution is 2.59. The Hall–Kier alpha value is -2.52. The van der Waals surface area contributed by atoms with Crippen LogP contribution in [0.15, 0.2) is 12.1 Å². The zero-order valence-corrected chi connectivity index (χ0v) is 13.4. The molecule has 0 radical (unpaired) electrons. The van der Waals surface area contributed by atoms with E-state index >= 15 is 0 Å². The summed E-state index contributed by atoms with van der Waals surface area (Å²) in [6, 6.07) is 1.27. The van der Waals surface area contributed by atoms with Gasteiger partial charge < -0.3 is 15.2 Å². The van der Waals surface area contributed by atoms with Crippen molar-refractivity contribution in [2.24, 2.45) is 5.41 Å². The summed E-state index contributed by atoms with van der Waals surface area (Å²) in [4.78, 5) is 28.6. The Morgan fingerprint density at radius 3 is 2.68 bits per heavy atom. The maximum absolute atomic E-state index is 12.5. The van der Waals surface area contributed by atoms with E-state index in [1.165, 1.54) is 6.07 Å². The van der Waals surface area contributed by atoms with E-state index in [0.717, 1.165) is 11.0 Å². The van der Waals surface area contributed by atoms with Crippen LogP contribution in [0.2, 0.25) is 0 Å². The number of carboxylic acid groups (broad SMARTS) is 1. The van der Waals surface area contributed by atoms with E-state index in [1.807, 2.05) is 6.92 Å². The number of piperidine rings is 1. The van der Waals surface area contributed by atoms with E-state index in [9.17, 15) is 27.9 Å². The number of pyridine rings is 1. The number of nitrogens with one attached hydrogen (secondary N) is 1. The molecular weight excluding hydrogens is 343 g/mol. The first-order valence-electron chi connectivity index (χ1n) is 7.56. The summed E-state index contributed by atoms with van der Waals surface area (Å²) in [5.41, 5.74) is 0.212. The molecule has 0 spiro atoms. The molecule has 25 heavy (non-hydrogen) atoms. The Bertz CT molecular complexity index is 739. The van der Waals surface area contributed by atoms with Gasteiger partial charge >= 0.3 is 12.5 Å². The van der Waals surface area contributed by atoms with Gasteiger partial charge in [-0.25, -0.2) is 4.79 Å². The Labute approximate surface area is 140 Å². The number of carbonyl (C=O) groups is 2. The number of halogens is 3. The van der Waals surface area contributed by atoms with Gasteiger partial charge in [0.1, 0.15) is 11.9 Å². The largest absolute Gasteiger partial charge is 0.574 e. The smallest absolute Gasteiger partial charge is 0.465 e. The van der Waals surface area contributed by atoms with Crippen molar-refractivity contribution in [3.63, 3.8) is 0 Å². The average Bonchev–Trinajstić information content (AvgIpc) is 3.01. The third-order valence-electron chi connectivity index (χ3n) is 4.69. The predicted molar refractivity (Wildman–Crippen MR) is 79.1 cm³/mol. The van der Waals surface area contributed by atoms with Crippen LogP contribution in [0, 0.1) is 12.3 Å². The topological polar surface area (TPSA) is 91.8 Å². The van der Waals surface area contributed by atoms with Crippen LogP contribution < -0.4 is 10.1 Å². The van der Waals surface area contributed by atoms with Crippen molar-refractivity contribution in [2.45, 2.75) is 45.1 Å². The lowest BCUT2D eigenvalue weighted by atomic mass is 10.0. The molecule has 3 atom stereocenters. The van der Waals surface area contributed by atoms with Crippen molar-refractivity contribution >= 4 is 17.8 Å². The minimum Gasteiger partial charge on any atom is -0.465 e. The molecule has 0 unspecified atom stereocenters. The normalized spacial score (nSPS) is 27.6. The molecule has 2 fully saturated rings. The van der Waals surface area contributed by atoms with Crippen molar-refractivity contribution < 1.29 is 32.6 Å². The molecule has 2 amide bonds. The highest BCUT2D eigenvalue weighted by molar-refractivity contribution is 5.97. The lowest BCUT2D eigenvalue weighted by Crippen LogP contribution is -2.45. The summed E-state index contributed by atoms with van der Waals surface area (Å²) in [5.74, 6) is -1.41. The molecule has 0 bridgehead atoms. The number of rotatable bonds is 3. The van der Waals surface area contributed by atoms with E-state index < -0.39 is 30.3 Å². The molecule has 2 aliphatic rings. The third kappa shape index (κ3) is 3.33. The lowest BCUT2D eigenvalue weighted by Gasteiger charge is -2.24. The molecule has 10 heteroatoms. The van der Waals surface area contributed by atoms with Crippen molar-refractivity contribution in [1.82, 2.24) is 9.88 Å². The third-order valence-corrected chi connectivity index (χ3v) is 4.69. The number of nitrogens with zero attached hydrogens (tertiary/aromatic N) is 2. The van der Waals surface area contributed by atoms with Gasteiger partial charge in [0.2, 0.25) is 11.8 Å². The fourth-order valence-corrected chi connectivity index (χ4v) is 3.29. The van der Waals surface area contributed by atoms with Gasteiger partial charge in [-0.1, -0.05) is 13.0 Å². The SMILES string of the molecule is Cc1ccc(OC(F)(F)F)nc1NC(=O)[C@@H]1C[C@@]2(C)C[C@H]2N1C(=O)O. The van der Waals surface area contributed by atoms with Crippen LogP contribution >= 0.6 is 0 Å². The fraction of sp³-hybridized carbons (Fsp3) is 0.533. The quantitative estimate of drug-likeness (QED) is 0.866. The van der Waals surface area contributed by atoms with E-state index in [4.69, 9.17) is 0 Å². The summed E-state index contributed by atoms with van der Waals surface area (Å²) in [7, 11) is 0. The molecular formula is C15H16F3N3O4.